The van der Waals surface area contributed by atoms with Gasteiger partial charge in [0.1, 0.15) is 23.9 Å². The molecular formula is C15H12N4O3. The Labute approximate surface area is 124 Å². The minimum atomic E-state index is -0.118. The highest BCUT2D eigenvalue weighted by molar-refractivity contribution is 5.76. The summed E-state index contributed by atoms with van der Waals surface area (Å²) in [6.45, 7) is 0.726. The number of aromatic nitrogens is 4. The van der Waals surface area contributed by atoms with Gasteiger partial charge < -0.3 is 9.05 Å². The molecule has 1 aromatic carbocycles. The normalized spacial score (nSPS) is 11.3. The topological polar surface area (TPSA) is 79.0 Å². The molecule has 110 valence electrons. The molecule has 22 heavy (non-hydrogen) atoms. The van der Waals surface area contributed by atoms with Crippen molar-refractivity contribution in [2.24, 2.45) is 0 Å². The quantitative estimate of drug-likeness (QED) is 0.574. The van der Waals surface area contributed by atoms with E-state index in [1.54, 1.807) is 21.3 Å². The van der Waals surface area contributed by atoms with Crippen LogP contribution in [-0.4, -0.2) is 19.4 Å². The summed E-state index contributed by atoms with van der Waals surface area (Å²) >= 11 is 0. The van der Waals surface area contributed by atoms with Crippen molar-refractivity contribution < 1.29 is 9.05 Å². The maximum atomic E-state index is 12.7. The van der Waals surface area contributed by atoms with E-state index in [2.05, 4.69) is 10.3 Å². The third-order valence-corrected chi connectivity index (χ3v) is 3.55. The zero-order valence-electron chi connectivity index (χ0n) is 11.5. The predicted octanol–water partition coefficient (Wildman–Crippen LogP) is 1.88. The van der Waals surface area contributed by atoms with Crippen LogP contribution in [0.5, 0.6) is 0 Å². The van der Waals surface area contributed by atoms with Gasteiger partial charge in [0.2, 0.25) is 0 Å². The number of rotatable bonds is 4. The van der Waals surface area contributed by atoms with E-state index in [0.717, 1.165) is 11.0 Å². The second-order valence-corrected chi connectivity index (χ2v) is 4.93. The highest BCUT2D eigenvalue weighted by Crippen LogP contribution is 2.15. The van der Waals surface area contributed by atoms with E-state index in [1.807, 2.05) is 24.3 Å². The fraction of sp³-hybridized carbons (Fsp3) is 0.133. The van der Waals surface area contributed by atoms with Crippen molar-refractivity contribution in [1.82, 2.24) is 19.4 Å². The van der Waals surface area contributed by atoms with Crippen molar-refractivity contribution in [3.63, 3.8) is 0 Å². The van der Waals surface area contributed by atoms with Crippen molar-refractivity contribution in [2.75, 3.05) is 0 Å². The molecule has 0 saturated carbocycles. The lowest BCUT2D eigenvalue weighted by atomic mass is 10.3. The Morgan fingerprint density at radius 3 is 1.73 bits per heavy atom. The number of benzene rings is 1. The van der Waals surface area contributed by atoms with Gasteiger partial charge in [-0.05, 0) is 12.1 Å². The molecule has 0 aliphatic carbocycles. The number of imidazole rings is 1. The monoisotopic (exact) mass is 296 g/mol. The van der Waals surface area contributed by atoms with Crippen LogP contribution in [0, 0.1) is 0 Å². The maximum absolute atomic E-state index is 12.7. The molecule has 4 rings (SSSR count). The van der Waals surface area contributed by atoms with Crippen LogP contribution in [0.2, 0.25) is 0 Å². The molecule has 0 N–H and O–H groups in total. The Morgan fingerprint density at radius 1 is 0.818 bits per heavy atom. The average Bonchev–Trinajstić information content (AvgIpc) is 3.27. The molecule has 7 nitrogen and oxygen atoms in total. The van der Waals surface area contributed by atoms with Gasteiger partial charge in [-0.2, -0.15) is 0 Å². The Balaban J connectivity index is 1.86. The van der Waals surface area contributed by atoms with Crippen molar-refractivity contribution in [3.8, 4) is 0 Å². The molecule has 0 fully saturated rings. The molecule has 3 heterocycles. The van der Waals surface area contributed by atoms with Gasteiger partial charge in [0.05, 0.1) is 24.1 Å². The summed E-state index contributed by atoms with van der Waals surface area (Å²) in [5.74, 6) is 0. The lowest BCUT2D eigenvalue weighted by Crippen LogP contribution is -2.25. The molecule has 0 radical (unpaired) electrons. The smallest absolute Gasteiger partial charge is 0.329 e. The van der Waals surface area contributed by atoms with Gasteiger partial charge in [-0.15, -0.1) is 0 Å². The minimum absolute atomic E-state index is 0.118. The first-order valence-corrected chi connectivity index (χ1v) is 6.79. The summed E-state index contributed by atoms with van der Waals surface area (Å²) in [6.07, 6.45) is 2.99. The number of para-hydroxylation sites is 2. The molecule has 0 spiro atoms. The zero-order chi connectivity index (χ0) is 14.9. The highest BCUT2D eigenvalue weighted by atomic mass is 16.5. The van der Waals surface area contributed by atoms with E-state index in [0.29, 0.717) is 24.5 Å². The van der Waals surface area contributed by atoms with Crippen molar-refractivity contribution in [1.29, 1.82) is 0 Å². The molecule has 0 amide bonds. The maximum Gasteiger partial charge on any atom is 0.329 e. The Bertz CT molecular complexity index is 872. The van der Waals surface area contributed by atoms with Gasteiger partial charge in [0.15, 0.2) is 0 Å². The number of hydrogen-bond acceptors (Lipinski definition) is 5. The average molecular weight is 296 g/mol. The van der Waals surface area contributed by atoms with E-state index in [9.17, 15) is 4.79 Å². The summed E-state index contributed by atoms with van der Waals surface area (Å²) in [5.41, 5.74) is 2.98. The van der Waals surface area contributed by atoms with Gasteiger partial charge >= 0.3 is 5.69 Å². The van der Waals surface area contributed by atoms with Crippen molar-refractivity contribution >= 4 is 11.0 Å². The van der Waals surface area contributed by atoms with Crippen LogP contribution < -0.4 is 5.69 Å². The SMILES string of the molecule is O=c1n(Cc2ccon2)c2ccccc2n1Cc1ccon1. The fourth-order valence-electron chi connectivity index (χ4n) is 2.54. The largest absolute Gasteiger partial charge is 0.364 e. The summed E-state index contributed by atoms with van der Waals surface area (Å²) in [7, 11) is 0. The number of hydrogen-bond donors (Lipinski definition) is 0. The molecular weight excluding hydrogens is 284 g/mol. The van der Waals surface area contributed by atoms with Gasteiger partial charge in [-0.1, -0.05) is 22.4 Å². The van der Waals surface area contributed by atoms with Crippen molar-refractivity contribution in [3.05, 3.63) is 70.8 Å². The van der Waals surface area contributed by atoms with Crippen LogP contribution in [0.15, 0.2) is 62.8 Å². The first-order chi connectivity index (χ1) is 10.8. The fourth-order valence-corrected chi connectivity index (χ4v) is 2.54. The van der Waals surface area contributed by atoms with Crippen LogP contribution >= 0.6 is 0 Å². The summed E-state index contributed by atoms with van der Waals surface area (Å²) in [4.78, 5) is 12.7. The minimum Gasteiger partial charge on any atom is -0.364 e. The third kappa shape index (κ3) is 2.03. The lowest BCUT2D eigenvalue weighted by molar-refractivity contribution is 0.408. The van der Waals surface area contributed by atoms with Crippen LogP contribution in [0.1, 0.15) is 11.4 Å². The molecule has 7 heteroatoms. The second-order valence-electron chi connectivity index (χ2n) is 4.93. The third-order valence-electron chi connectivity index (χ3n) is 3.55. The zero-order valence-corrected chi connectivity index (χ0v) is 11.5. The van der Waals surface area contributed by atoms with Gasteiger partial charge in [0, 0.05) is 12.1 Å². The molecule has 3 aromatic heterocycles. The Kier molecular flexibility index (Phi) is 2.89. The van der Waals surface area contributed by atoms with Crippen LogP contribution in [-0.2, 0) is 13.1 Å². The molecule has 0 atom stereocenters. The van der Waals surface area contributed by atoms with Gasteiger partial charge in [-0.3, -0.25) is 9.13 Å². The Morgan fingerprint density at radius 2 is 1.32 bits per heavy atom. The number of nitrogens with zero attached hydrogens (tertiary/aromatic N) is 4. The molecule has 0 aliphatic heterocycles. The second kappa shape index (κ2) is 5.03. The summed E-state index contributed by atoms with van der Waals surface area (Å²) in [6, 6.07) is 11.1. The predicted molar refractivity (Wildman–Crippen MR) is 77.4 cm³/mol. The molecule has 0 aliphatic rings. The molecule has 0 bridgehead atoms. The van der Waals surface area contributed by atoms with E-state index < -0.39 is 0 Å². The molecule has 0 saturated heterocycles. The van der Waals surface area contributed by atoms with Crippen LogP contribution in [0.25, 0.3) is 11.0 Å². The van der Waals surface area contributed by atoms with E-state index in [1.165, 1.54) is 12.5 Å². The van der Waals surface area contributed by atoms with Gasteiger partial charge in [0.25, 0.3) is 0 Å². The summed E-state index contributed by atoms with van der Waals surface area (Å²) < 4.78 is 13.0. The van der Waals surface area contributed by atoms with E-state index in [-0.39, 0.29) is 5.69 Å². The number of fused-ring (bicyclic) bond motifs is 1. The molecule has 0 unspecified atom stereocenters. The van der Waals surface area contributed by atoms with Crippen LogP contribution in [0.4, 0.5) is 0 Å². The Hall–Kier alpha value is -3.09. The van der Waals surface area contributed by atoms with Gasteiger partial charge in [-0.25, -0.2) is 4.79 Å². The standard InChI is InChI=1S/C15H12N4O3/c20-15-18(9-11-5-7-21-16-11)13-3-1-2-4-14(13)19(15)10-12-6-8-22-17-12/h1-8H,9-10H2. The first kappa shape index (κ1) is 12.6. The molecule has 4 aromatic rings. The lowest BCUT2D eigenvalue weighted by Gasteiger charge is -1.99. The first-order valence-electron chi connectivity index (χ1n) is 6.79. The van der Waals surface area contributed by atoms with E-state index >= 15 is 0 Å². The summed E-state index contributed by atoms with van der Waals surface area (Å²) in [5, 5.41) is 7.75. The van der Waals surface area contributed by atoms with Crippen LogP contribution in [0.3, 0.4) is 0 Å². The highest BCUT2D eigenvalue weighted by Gasteiger charge is 2.15. The van der Waals surface area contributed by atoms with E-state index in [4.69, 9.17) is 9.05 Å². The van der Waals surface area contributed by atoms with Crippen molar-refractivity contribution in [2.45, 2.75) is 13.1 Å².